The van der Waals surface area contributed by atoms with Gasteiger partial charge in [-0.2, -0.15) is 15.0 Å². The Morgan fingerprint density at radius 2 is 1.81 bits per heavy atom. The lowest BCUT2D eigenvalue weighted by Gasteiger charge is -2.11. The number of carbonyl (C=O) groups excluding carboxylic acids is 1. The third-order valence-electron chi connectivity index (χ3n) is 2.24. The fraction of sp³-hybridized carbons (Fsp3) is 0.692. The molecule has 0 aliphatic heterocycles. The lowest BCUT2D eigenvalue weighted by Crippen LogP contribution is -2.35. The number of hydrogen-bond acceptors (Lipinski definition) is 7. The van der Waals surface area contributed by atoms with E-state index >= 15 is 0 Å². The van der Waals surface area contributed by atoms with Crippen molar-refractivity contribution in [1.82, 2.24) is 20.3 Å². The van der Waals surface area contributed by atoms with E-state index in [1.165, 1.54) is 0 Å². The maximum atomic E-state index is 11.6. The molecule has 3 N–H and O–H groups in total. The predicted octanol–water partition coefficient (Wildman–Crippen LogP) is 1.03. The SMILES string of the molecule is CCCOc1nc(NCC)nc(NCC(=O)NC(C)C)n1. The summed E-state index contributed by atoms with van der Waals surface area (Å²) in [7, 11) is 0. The zero-order valence-electron chi connectivity index (χ0n) is 13.1. The van der Waals surface area contributed by atoms with Crippen LogP contribution in [0.4, 0.5) is 11.9 Å². The number of rotatable bonds is 9. The van der Waals surface area contributed by atoms with Gasteiger partial charge in [-0.3, -0.25) is 4.79 Å². The van der Waals surface area contributed by atoms with E-state index in [1.54, 1.807) is 0 Å². The van der Waals surface area contributed by atoms with Gasteiger partial charge in [0.25, 0.3) is 0 Å². The van der Waals surface area contributed by atoms with Crippen LogP contribution in [0.2, 0.25) is 0 Å². The number of nitrogens with zero attached hydrogens (tertiary/aromatic N) is 3. The number of ether oxygens (including phenoxy) is 1. The molecule has 0 unspecified atom stereocenters. The van der Waals surface area contributed by atoms with Crippen LogP contribution in [0.25, 0.3) is 0 Å². The van der Waals surface area contributed by atoms with Gasteiger partial charge in [-0.1, -0.05) is 6.92 Å². The zero-order valence-corrected chi connectivity index (χ0v) is 13.1. The molecule has 0 aliphatic rings. The predicted molar refractivity (Wildman–Crippen MR) is 81.5 cm³/mol. The average Bonchev–Trinajstić information content (AvgIpc) is 2.42. The Bertz CT molecular complexity index is 452. The molecule has 1 aromatic rings. The van der Waals surface area contributed by atoms with Crippen molar-refractivity contribution in [2.75, 3.05) is 30.3 Å². The van der Waals surface area contributed by atoms with E-state index in [0.717, 1.165) is 6.42 Å². The highest BCUT2D eigenvalue weighted by Crippen LogP contribution is 2.11. The summed E-state index contributed by atoms with van der Waals surface area (Å²) < 4.78 is 5.41. The Kier molecular flexibility index (Phi) is 7.20. The molecule has 21 heavy (non-hydrogen) atoms. The molecule has 8 heteroatoms. The molecule has 0 aromatic carbocycles. The van der Waals surface area contributed by atoms with Crippen molar-refractivity contribution in [2.45, 2.75) is 40.2 Å². The average molecular weight is 296 g/mol. The maximum absolute atomic E-state index is 11.6. The normalized spacial score (nSPS) is 10.3. The van der Waals surface area contributed by atoms with Gasteiger partial charge < -0.3 is 20.7 Å². The fourth-order valence-electron chi connectivity index (χ4n) is 1.46. The number of carbonyl (C=O) groups is 1. The van der Waals surface area contributed by atoms with Crippen molar-refractivity contribution in [3.63, 3.8) is 0 Å². The smallest absolute Gasteiger partial charge is 0.323 e. The van der Waals surface area contributed by atoms with E-state index in [9.17, 15) is 4.79 Å². The maximum Gasteiger partial charge on any atom is 0.323 e. The van der Waals surface area contributed by atoms with Crippen molar-refractivity contribution < 1.29 is 9.53 Å². The topological polar surface area (TPSA) is 101 Å². The number of hydrogen-bond donors (Lipinski definition) is 3. The Balaban J connectivity index is 2.70. The highest BCUT2D eigenvalue weighted by Gasteiger charge is 2.09. The molecule has 0 aliphatic carbocycles. The summed E-state index contributed by atoms with van der Waals surface area (Å²) in [6.07, 6.45) is 0.863. The minimum atomic E-state index is -0.119. The summed E-state index contributed by atoms with van der Waals surface area (Å²) in [5.74, 6) is 0.614. The highest BCUT2D eigenvalue weighted by molar-refractivity contribution is 5.80. The van der Waals surface area contributed by atoms with Crippen LogP contribution in [0.1, 0.15) is 34.1 Å². The van der Waals surface area contributed by atoms with Crippen molar-refractivity contribution in [3.05, 3.63) is 0 Å². The van der Waals surface area contributed by atoms with E-state index in [4.69, 9.17) is 4.74 Å². The summed E-state index contributed by atoms with van der Waals surface area (Å²) in [6.45, 7) is 9.07. The van der Waals surface area contributed by atoms with Crippen LogP contribution in [0.5, 0.6) is 6.01 Å². The van der Waals surface area contributed by atoms with Gasteiger partial charge in [0.1, 0.15) is 0 Å². The van der Waals surface area contributed by atoms with E-state index < -0.39 is 0 Å². The van der Waals surface area contributed by atoms with E-state index in [-0.39, 0.29) is 24.5 Å². The van der Waals surface area contributed by atoms with Gasteiger partial charge in [0.15, 0.2) is 0 Å². The standard InChI is InChI=1S/C13H24N6O2/c1-5-7-21-13-18-11(14-6-2)17-12(19-13)15-8-10(20)16-9(3)4/h9H,5-8H2,1-4H3,(H,16,20)(H2,14,15,17,18,19). The third-order valence-corrected chi connectivity index (χ3v) is 2.24. The second-order valence-electron chi connectivity index (χ2n) is 4.72. The molecule has 1 amide bonds. The van der Waals surface area contributed by atoms with Gasteiger partial charge in [-0.25, -0.2) is 0 Å². The molecular weight excluding hydrogens is 272 g/mol. The van der Waals surface area contributed by atoms with Crippen LogP contribution in [0.3, 0.4) is 0 Å². The van der Waals surface area contributed by atoms with Gasteiger partial charge in [-0.15, -0.1) is 0 Å². The molecule has 1 rings (SSSR count). The molecule has 0 fully saturated rings. The molecule has 0 spiro atoms. The molecule has 8 nitrogen and oxygen atoms in total. The molecule has 118 valence electrons. The van der Waals surface area contributed by atoms with Crippen LogP contribution < -0.4 is 20.7 Å². The second kappa shape index (κ2) is 8.93. The minimum absolute atomic E-state index is 0.0958. The van der Waals surface area contributed by atoms with Crippen LogP contribution in [0.15, 0.2) is 0 Å². The molecule has 1 aromatic heterocycles. The van der Waals surface area contributed by atoms with Crippen molar-refractivity contribution in [3.8, 4) is 6.01 Å². The summed E-state index contributed by atoms with van der Waals surface area (Å²) >= 11 is 0. The van der Waals surface area contributed by atoms with E-state index in [2.05, 4.69) is 30.9 Å². The first-order valence-electron chi connectivity index (χ1n) is 7.21. The monoisotopic (exact) mass is 296 g/mol. The lowest BCUT2D eigenvalue weighted by atomic mass is 10.4. The second-order valence-corrected chi connectivity index (χ2v) is 4.72. The molecule has 0 bridgehead atoms. The first-order valence-corrected chi connectivity index (χ1v) is 7.21. The number of amides is 1. The molecule has 0 saturated heterocycles. The number of nitrogens with one attached hydrogen (secondary N) is 3. The Labute approximate surface area is 125 Å². The van der Waals surface area contributed by atoms with Crippen LogP contribution in [-0.2, 0) is 4.79 Å². The van der Waals surface area contributed by atoms with Gasteiger partial charge in [0.2, 0.25) is 17.8 Å². The molecule has 0 saturated carbocycles. The van der Waals surface area contributed by atoms with Crippen molar-refractivity contribution in [1.29, 1.82) is 0 Å². The van der Waals surface area contributed by atoms with Gasteiger partial charge >= 0.3 is 6.01 Å². The molecular formula is C13H24N6O2. The van der Waals surface area contributed by atoms with Crippen molar-refractivity contribution in [2.24, 2.45) is 0 Å². The van der Waals surface area contributed by atoms with Crippen molar-refractivity contribution >= 4 is 17.8 Å². The Hall–Kier alpha value is -2.12. The lowest BCUT2D eigenvalue weighted by molar-refractivity contribution is -0.119. The summed E-state index contributed by atoms with van der Waals surface area (Å²) in [4.78, 5) is 24.0. The number of anilines is 2. The first kappa shape index (κ1) is 16.9. The van der Waals surface area contributed by atoms with Crippen LogP contribution >= 0.6 is 0 Å². The summed E-state index contributed by atoms with van der Waals surface area (Å²) in [5, 5.41) is 8.66. The minimum Gasteiger partial charge on any atom is -0.463 e. The van der Waals surface area contributed by atoms with Gasteiger partial charge in [0.05, 0.1) is 13.2 Å². The van der Waals surface area contributed by atoms with E-state index in [0.29, 0.717) is 25.0 Å². The number of aromatic nitrogens is 3. The van der Waals surface area contributed by atoms with Gasteiger partial charge in [0, 0.05) is 12.6 Å². The van der Waals surface area contributed by atoms with Gasteiger partial charge in [-0.05, 0) is 27.2 Å². The quantitative estimate of drug-likeness (QED) is 0.625. The highest BCUT2D eigenvalue weighted by atomic mass is 16.5. The van der Waals surface area contributed by atoms with Crippen LogP contribution in [-0.4, -0.2) is 46.6 Å². The van der Waals surface area contributed by atoms with Crippen LogP contribution in [0, 0.1) is 0 Å². The largest absolute Gasteiger partial charge is 0.463 e. The Morgan fingerprint density at radius 1 is 1.14 bits per heavy atom. The third kappa shape index (κ3) is 6.73. The molecule has 0 atom stereocenters. The summed E-state index contributed by atoms with van der Waals surface area (Å²) in [5.41, 5.74) is 0. The fourth-order valence-corrected chi connectivity index (χ4v) is 1.46. The first-order chi connectivity index (χ1) is 10.0. The Morgan fingerprint density at radius 3 is 2.38 bits per heavy atom. The zero-order chi connectivity index (χ0) is 15.7. The molecule has 1 heterocycles. The summed E-state index contributed by atoms with van der Waals surface area (Å²) in [6, 6.07) is 0.341. The van der Waals surface area contributed by atoms with E-state index in [1.807, 2.05) is 27.7 Å². The molecule has 0 radical (unpaired) electrons.